The molecule has 3 amide bonds. The lowest BCUT2D eigenvalue weighted by atomic mass is 10.1. The highest BCUT2D eigenvalue weighted by molar-refractivity contribution is 5.93. The number of likely N-dealkylation sites (tertiary alicyclic amines) is 1. The number of carbonyl (C=O) groups excluding carboxylic acids is 2. The number of hydrogen-bond donors (Lipinski definition) is 5. The van der Waals surface area contributed by atoms with Gasteiger partial charge in [-0.25, -0.2) is 14.8 Å². The maximum atomic E-state index is 13.0. The molecule has 0 radical (unpaired) electrons. The first-order valence-corrected chi connectivity index (χ1v) is 9.76. The molecule has 1 fully saturated rings. The third-order valence-electron chi connectivity index (χ3n) is 4.78. The second kappa shape index (κ2) is 9.51. The molecule has 1 aliphatic heterocycles. The number of piperidine rings is 1. The molecule has 1 atom stereocenters. The predicted octanol–water partition coefficient (Wildman–Crippen LogP) is 1.02. The van der Waals surface area contributed by atoms with Crippen molar-refractivity contribution < 1.29 is 19.8 Å². The second-order valence-corrected chi connectivity index (χ2v) is 7.28. The van der Waals surface area contributed by atoms with Gasteiger partial charge in [0.15, 0.2) is 5.82 Å². The zero-order chi connectivity index (χ0) is 21.7. The summed E-state index contributed by atoms with van der Waals surface area (Å²) in [7, 11) is 0. The van der Waals surface area contributed by atoms with Gasteiger partial charge in [0.2, 0.25) is 0 Å². The molecule has 30 heavy (non-hydrogen) atoms. The van der Waals surface area contributed by atoms with Gasteiger partial charge in [0.25, 0.3) is 5.91 Å². The number of nitrogens with one attached hydrogen (secondary N) is 2. The van der Waals surface area contributed by atoms with Gasteiger partial charge in [0.05, 0.1) is 12.7 Å². The summed E-state index contributed by atoms with van der Waals surface area (Å²) in [6, 6.07) is 7.38. The molecule has 10 heteroatoms. The van der Waals surface area contributed by atoms with Gasteiger partial charge in [-0.1, -0.05) is 0 Å². The van der Waals surface area contributed by atoms with Crippen LogP contribution in [0.25, 0.3) is 11.4 Å². The molecule has 0 saturated carbocycles. The maximum absolute atomic E-state index is 13.0. The van der Waals surface area contributed by atoms with Gasteiger partial charge in [-0.05, 0) is 44.0 Å². The Morgan fingerprint density at radius 3 is 2.50 bits per heavy atom. The Morgan fingerprint density at radius 2 is 1.90 bits per heavy atom. The topological polar surface area (TPSA) is 154 Å². The summed E-state index contributed by atoms with van der Waals surface area (Å²) in [6.45, 7) is 2.62. The molecule has 1 saturated heterocycles. The van der Waals surface area contributed by atoms with Crippen LogP contribution in [0.2, 0.25) is 0 Å². The number of aliphatic hydroxyl groups is 2. The lowest BCUT2D eigenvalue weighted by molar-refractivity contribution is 0.0541. The van der Waals surface area contributed by atoms with E-state index in [1.54, 1.807) is 42.2 Å². The first-order chi connectivity index (χ1) is 14.4. The number of carbonyl (C=O) groups is 2. The van der Waals surface area contributed by atoms with E-state index in [-0.39, 0.29) is 30.4 Å². The van der Waals surface area contributed by atoms with Gasteiger partial charge < -0.3 is 31.5 Å². The number of rotatable bonds is 6. The fraction of sp³-hybridized carbons (Fsp3) is 0.400. The van der Waals surface area contributed by atoms with Crippen LogP contribution in [0.15, 0.2) is 30.3 Å². The molecule has 1 aliphatic rings. The Balaban J connectivity index is 1.91. The summed E-state index contributed by atoms with van der Waals surface area (Å²) < 4.78 is 0. The lowest BCUT2D eigenvalue weighted by Crippen LogP contribution is -2.40. The number of nitrogens with zero attached hydrogens (tertiary/aromatic N) is 3. The monoisotopic (exact) mass is 414 g/mol. The van der Waals surface area contributed by atoms with E-state index >= 15 is 0 Å². The minimum absolute atomic E-state index is 0.0971. The molecule has 6 N–H and O–H groups in total. The van der Waals surface area contributed by atoms with Crippen molar-refractivity contribution in [2.45, 2.75) is 31.9 Å². The minimum atomic E-state index is -0.664. The Kier molecular flexibility index (Phi) is 6.80. The SMILES string of the molecule is C[C@@H](CO)Nc1cc(C(=O)N2CCC(O)CC2)nc(-c2ccc(NC(N)=O)cc2)n1. The van der Waals surface area contributed by atoms with E-state index in [9.17, 15) is 19.8 Å². The van der Waals surface area contributed by atoms with Gasteiger partial charge in [-0.15, -0.1) is 0 Å². The van der Waals surface area contributed by atoms with Crippen LogP contribution >= 0.6 is 0 Å². The number of amides is 3. The Labute approximate surface area is 174 Å². The summed E-state index contributed by atoms with van der Waals surface area (Å²) >= 11 is 0. The first kappa shape index (κ1) is 21.5. The summed E-state index contributed by atoms with van der Waals surface area (Å²) in [4.78, 5) is 34.6. The van der Waals surface area contributed by atoms with E-state index in [1.165, 1.54) is 0 Å². The average Bonchev–Trinajstić information content (AvgIpc) is 2.73. The van der Waals surface area contributed by atoms with E-state index in [0.29, 0.717) is 48.8 Å². The van der Waals surface area contributed by atoms with Crippen molar-refractivity contribution in [3.8, 4) is 11.4 Å². The number of nitrogens with two attached hydrogens (primary N) is 1. The zero-order valence-electron chi connectivity index (χ0n) is 16.7. The molecule has 1 aromatic carbocycles. The zero-order valence-corrected chi connectivity index (χ0v) is 16.7. The van der Waals surface area contributed by atoms with Crippen LogP contribution in [0.3, 0.4) is 0 Å². The van der Waals surface area contributed by atoms with Crippen LogP contribution in [0.1, 0.15) is 30.3 Å². The van der Waals surface area contributed by atoms with Crippen LogP contribution in [0.4, 0.5) is 16.3 Å². The van der Waals surface area contributed by atoms with Crippen LogP contribution in [-0.4, -0.2) is 68.9 Å². The molecule has 0 aliphatic carbocycles. The number of hydrogen-bond acceptors (Lipinski definition) is 7. The van der Waals surface area contributed by atoms with E-state index in [2.05, 4.69) is 20.6 Å². The van der Waals surface area contributed by atoms with Crippen molar-refractivity contribution in [3.63, 3.8) is 0 Å². The number of primary amides is 1. The third-order valence-corrected chi connectivity index (χ3v) is 4.78. The summed E-state index contributed by atoms with van der Waals surface area (Å²) in [5.41, 5.74) is 6.52. The third kappa shape index (κ3) is 5.43. The first-order valence-electron chi connectivity index (χ1n) is 9.76. The van der Waals surface area contributed by atoms with Crippen molar-refractivity contribution in [1.82, 2.24) is 14.9 Å². The summed E-state index contributed by atoms with van der Waals surface area (Å²) in [5.74, 6) is 0.509. The summed E-state index contributed by atoms with van der Waals surface area (Å²) in [5, 5.41) is 24.6. The van der Waals surface area contributed by atoms with E-state index in [4.69, 9.17) is 5.73 Å². The normalized spacial score (nSPS) is 15.5. The lowest BCUT2D eigenvalue weighted by Gasteiger charge is -2.29. The highest BCUT2D eigenvalue weighted by atomic mass is 16.3. The molecule has 2 aromatic rings. The largest absolute Gasteiger partial charge is 0.394 e. The fourth-order valence-corrected chi connectivity index (χ4v) is 3.13. The molecular formula is C20H26N6O4. The van der Waals surface area contributed by atoms with Gasteiger partial charge in [0.1, 0.15) is 11.5 Å². The minimum Gasteiger partial charge on any atom is -0.394 e. The number of urea groups is 1. The van der Waals surface area contributed by atoms with Crippen molar-refractivity contribution in [2.75, 3.05) is 30.3 Å². The molecule has 160 valence electrons. The number of anilines is 2. The molecule has 0 spiro atoms. The quantitative estimate of drug-likeness (QED) is 0.473. The van der Waals surface area contributed by atoms with Gasteiger partial charge in [0, 0.05) is 36.4 Å². The molecule has 10 nitrogen and oxygen atoms in total. The maximum Gasteiger partial charge on any atom is 0.316 e. The van der Waals surface area contributed by atoms with Crippen LogP contribution in [-0.2, 0) is 0 Å². The number of benzene rings is 1. The van der Waals surface area contributed by atoms with Crippen molar-refractivity contribution >= 4 is 23.4 Å². The molecule has 0 bridgehead atoms. The van der Waals surface area contributed by atoms with Crippen molar-refractivity contribution in [3.05, 3.63) is 36.0 Å². The predicted molar refractivity (Wildman–Crippen MR) is 112 cm³/mol. The highest BCUT2D eigenvalue weighted by Crippen LogP contribution is 2.22. The van der Waals surface area contributed by atoms with Gasteiger partial charge in [-0.3, -0.25) is 4.79 Å². The van der Waals surface area contributed by atoms with E-state index in [1.807, 2.05) is 0 Å². The smallest absolute Gasteiger partial charge is 0.316 e. The Hall–Kier alpha value is -3.24. The molecule has 0 unspecified atom stereocenters. The molecular weight excluding hydrogens is 388 g/mol. The van der Waals surface area contributed by atoms with Crippen molar-refractivity contribution in [2.24, 2.45) is 5.73 Å². The van der Waals surface area contributed by atoms with Crippen molar-refractivity contribution in [1.29, 1.82) is 0 Å². The average molecular weight is 414 g/mol. The fourth-order valence-electron chi connectivity index (χ4n) is 3.13. The molecule has 1 aromatic heterocycles. The van der Waals surface area contributed by atoms with Gasteiger partial charge >= 0.3 is 6.03 Å². The standard InChI is InChI=1S/C20H26N6O4/c1-12(11-27)22-17-10-16(19(29)26-8-6-15(28)7-9-26)24-18(25-17)13-2-4-14(5-3-13)23-20(21)30/h2-5,10,12,15,27-28H,6-9,11H2,1H3,(H3,21,23,30)(H,22,24,25)/t12-/m0/s1. The van der Waals surface area contributed by atoms with Crippen LogP contribution in [0.5, 0.6) is 0 Å². The Bertz CT molecular complexity index is 897. The number of aromatic nitrogens is 2. The van der Waals surface area contributed by atoms with Gasteiger partial charge in [-0.2, -0.15) is 0 Å². The Morgan fingerprint density at radius 1 is 1.23 bits per heavy atom. The van der Waals surface area contributed by atoms with Crippen LogP contribution < -0.4 is 16.4 Å². The highest BCUT2D eigenvalue weighted by Gasteiger charge is 2.24. The summed E-state index contributed by atoms with van der Waals surface area (Å²) in [6.07, 6.45) is 0.681. The van der Waals surface area contributed by atoms with E-state index < -0.39 is 6.03 Å². The van der Waals surface area contributed by atoms with Crippen LogP contribution in [0, 0.1) is 0 Å². The second-order valence-electron chi connectivity index (χ2n) is 7.28. The number of aliphatic hydroxyl groups excluding tert-OH is 2. The van der Waals surface area contributed by atoms with E-state index in [0.717, 1.165) is 0 Å². The molecule has 2 heterocycles. The molecule has 3 rings (SSSR count).